The molecule has 1 fully saturated rings. The van der Waals surface area contributed by atoms with Crippen LogP contribution in [0.2, 0.25) is 118 Å². The molecule has 1 aliphatic heterocycles. The highest BCUT2D eigenvalue weighted by atomic mass is 28.5. The maximum absolute atomic E-state index is 9.14. The molecule has 0 saturated carbocycles. The second-order valence-electron chi connectivity index (χ2n) is 14.1. The Hall–Kier alpha value is 1.38. The summed E-state index contributed by atoms with van der Waals surface area (Å²) in [5.41, 5.74) is 0. The Kier molecular flexibility index (Phi) is 19.6. The first-order valence-corrected chi connectivity index (χ1v) is 37.7. The van der Waals surface area contributed by atoms with E-state index in [-0.39, 0.29) is 0 Å². The van der Waals surface area contributed by atoms with Crippen LogP contribution in [0.1, 0.15) is 13.8 Å². The Morgan fingerprint density at radius 1 is 0.487 bits per heavy atom. The van der Waals surface area contributed by atoms with E-state index in [1.54, 1.807) is 26.2 Å². The van der Waals surface area contributed by atoms with Gasteiger partial charge in [-0.1, -0.05) is 0 Å². The Labute approximate surface area is 251 Å². The molecule has 1 heterocycles. The van der Waals surface area contributed by atoms with Crippen molar-refractivity contribution in [1.82, 2.24) is 0 Å². The summed E-state index contributed by atoms with van der Waals surface area (Å²) in [7, 11) is -14.7. The summed E-state index contributed by atoms with van der Waals surface area (Å²) in [5, 5.41) is 0. The highest BCUT2D eigenvalue weighted by Crippen LogP contribution is 2.29. The van der Waals surface area contributed by atoms with Crippen molar-refractivity contribution in [3.8, 4) is 0 Å². The first-order valence-electron chi connectivity index (χ1n) is 13.9. The molecule has 0 spiro atoms. The van der Waals surface area contributed by atoms with Gasteiger partial charge in [-0.05, 0) is 132 Å². The molecule has 0 bridgehead atoms. The van der Waals surface area contributed by atoms with Crippen molar-refractivity contribution in [3.63, 3.8) is 0 Å². The SMILES string of the molecule is CCO[Si](C)(C)C.CCO[Si](C)(C)O[Si](C)(C)O[Si](C)(C)C.C[Si](C)(O)O[Si](C)(C)O.C[Si]1(C)O[Si](C)(C)O1. The average Bonchev–Trinajstić information content (AvgIpc) is 2.44. The molecular weight excluding hydrogens is 633 g/mol. The molecule has 0 atom stereocenters. The molecule has 0 aromatic carbocycles. The molecule has 39 heavy (non-hydrogen) atoms. The van der Waals surface area contributed by atoms with Gasteiger partial charge in [-0.15, -0.1) is 0 Å². The predicted octanol–water partition coefficient (Wildman–Crippen LogP) is 6.98. The molecule has 0 unspecified atom stereocenters. The Balaban J connectivity index is -0.000000466. The van der Waals surface area contributed by atoms with Gasteiger partial charge >= 0.3 is 51.4 Å². The molecule has 9 nitrogen and oxygen atoms in total. The zero-order chi connectivity index (χ0) is 32.4. The average molecular weight is 699 g/mol. The van der Waals surface area contributed by atoms with Crippen LogP contribution in [-0.4, -0.2) is 90.8 Å². The molecule has 1 rings (SSSR count). The number of hydrogen-bond donors (Lipinski definition) is 2. The Morgan fingerprint density at radius 3 is 0.949 bits per heavy atom. The fourth-order valence-electron chi connectivity index (χ4n) is 3.96. The van der Waals surface area contributed by atoms with Crippen LogP contribution in [0, 0.1) is 0 Å². The van der Waals surface area contributed by atoms with Crippen molar-refractivity contribution < 1.29 is 39.0 Å². The van der Waals surface area contributed by atoms with E-state index in [0.29, 0.717) is 0 Å². The standard InChI is InChI=1S/C9H26O3Si3.C5H14OSi.C4H14O3Si2.C4H12O2Si2/c1-9-10-14(5,6)12-15(7,8)11-13(2,3)4;1-5-6-7(2,3)4;1-8(2,5)7-9(3,4)6;1-7(2)5-8(3,4)6-7/h9H2,1-8H3;5H2,1-4H3;5-6H,1-4H3;1-4H3. The lowest BCUT2D eigenvalue weighted by Crippen LogP contribution is -2.64. The van der Waals surface area contributed by atoms with Crippen molar-refractivity contribution in [1.29, 1.82) is 0 Å². The van der Waals surface area contributed by atoms with E-state index < -0.39 is 68.0 Å². The van der Waals surface area contributed by atoms with Crippen LogP contribution in [0.3, 0.4) is 0 Å². The van der Waals surface area contributed by atoms with Crippen LogP contribution < -0.4 is 0 Å². The van der Waals surface area contributed by atoms with Gasteiger partial charge in [0.1, 0.15) is 0 Å². The van der Waals surface area contributed by atoms with E-state index in [2.05, 4.69) is 91.7 Å². The minimum absolute atomic E-state index is 0.719. The van der Waals surface area contributed by atoms with Crippen LogP contribution in [0.25, 0.3) is 0 Å². The summed E-state index contributed by atoms with van der Waals surface area (Å²) in [5.74, 6) is 0. The van der Waals surface area contributed by atoms with Gasteiger partial charge in [0.05, 0.1) is 0 Å². The second kappa shape index (κ2) is 17.0. The van der Waals surface area contributed by atoms with Crippen LogP contribution in [0.5, 0.6) is 0 Å². The van der Waals surface area contributed by atoms with E-state index in [1.807, 2.05) is 13.8 Å². The number of hydrogen-bond acceptors (Lipinski definition) is 9. The molecule has 0 aromatic rings. The van der Waals surface area contributed by atoms with Crippen molar-refractivity contribution in [3.05, 3.63) is 0 Å². The van der Waals surface area contributed by atoms with Crippen LogP contribution >= 0.6 is 0 Å². The molecule has 0 radical (unpaired) electrons. The summed E-state index contributed by atoms with van der Waals surface area (Å²) >= 11 is 0. The van der Waals surface area contributed by atoms with Gasteiger partial charge in [0, 0.05) is 13.2 Å². The third-order valence-electron chi connectivity index (χ3n) is 3.60. The van der Waals surface area contributed by atoms with Crippen LogP contribution in [0.4, 0.5) is 0 Å². The van der Waals surface area contributed by atoms with E-state index in [9.17, 15) is 0 Å². The maximum Gasteiger partial charge on any atom is 0.322 e. The number of rotatable bonds is 10. The molecule has 0 aliphatic carbocycles. The first-order chi connectivity index (χ1) is 16.7. The fourth-order valence-corrected chi connectivity index (χ4v) is 31.4. The van der Waals surface area contributed by atoms with Crippen molar-refractivity contribution in [2.45, 2.75) is 132 Å². The van der Waals surface area contributed by atoms with Crippen molar-refractivity contribution in [2.75, 3.05) is 13.2 Å². The normalized spacial score (nSPS) is 17.4. The lowest BCUT2D eigenvalue weighted by Gasteiger charge is -2.46. The third kappa shape index (κ3) is 35.5. The smallest absolute Gasteiger partial charge is 0.322 e. The van der Waals surface area contributed by atoms with E-state index in [1.165, 1.54) is 0 Å². The lowest BCUT2D eigenvalue weighted by atomic mass is 10.9. The predicted molar refractivity (Wildman–Crippen MR) is 185 cm³/mol. The Morgan fingerprint density at radius 2 is 0.821 bits per heavy atom. The van der Waals surface area contributed by atoms with Gasteiger partial charge in [0.25, 0.3) is 0 Å². The minimum Gasteiger partial charge on any atom is -0.437 e. The molecule has 0 aromatic heterocycles. The van der Waals surface area contributed by atoms with Gasteiger partial charge < -0.3 is 39.0 Å². The zero-order valence-corrected chi connectivity index (χ0v) is 37.2. The van der Waals surface area contributed by atoms with Gasteiger partial charge in [0.15, 0.2) is 16.6 Å². The van der Waals surface area contributed by atoms with E-state index >= 15 is 0 Å². The summed E-state index contributed by atoms with van der Waals surface area (Å²) < 4.78 is 39.4. The second-order valence-corrected chi connectivity index (χ2v) is 44.2. The molecular formula is C22H66O9Si8. The van der Waals surface area contributed by atoms with Gasteiger partial charge in [0.2, 0.25) is 0 Å². The molecule has 1 saturated heterocycles. The monoisotopic (exact) mass is 698 g/mol. The summed E-state index contributed by atoms with van der Waals surface area (Å²) in [6.07, 6.45) is 0. The van der Waals surface area contributed by atoms with Gasteiger partial charge in [-0.25, -0.2) is 0 Å². The molecule has 1 aliphatic rings. The largest absolute Gasteiger partial charge is 0.437 e. The molecule has 2 N–H and O–H groups in total. The van der Waals surface area contributed by atoms with E-state index in [0.717, 1.165) is 13.2 Å². The molecule has 240 valence electrons. The minimum atomic E-state index is -2.48. The third-order valence-corrected chi connectivity index (χ3v) is 25.9. The first kappa shape index (κ1) is 44.8. The highest BCUT2D eigenvalue weighted by Gasteiger charge is 2.49. The van der Waals surface area contributed by atoms with Gasteiger partial charge in [-0.2, -0.15) is 0 Å². The maximum atomic E-state index is 9.14. The zero-order valence-electron chi connectivity index (χ0n) is 29.2. The van der Waals surface area contributed by atoms with Crippen molar-refractivity contribution in [2.24, 2.45) is 0 Å². The quantitative estimate of drug-likeness (QED) is 0.234. The topological polar surface area (TPSA) is 105 Å². The fraction of sp³-hybridized carbons (Fsp3) is 1.00. The van der Waals surface area contributed by atoms with Crippen LogP contribution in [0.15, 0.2) is 0 Å². The summed E-state index contributed by atoms with van der Waals surface area (Å²) in [6, 6.07) is 0. The lowest BCUT2D eigenvalue weighted by molar-refractivity contribution is 0.237. The molecule has 0 amide bonds. The highest BCUT2D eigenvalue weighted by molar-refractivity contribution is 6.92. The van der Waals surface area contributed by atoms with Crippen LogP contribution in [-0.2, 0) is 29.4 Å². The van der Waals surface area contributed by atoms with E-state index in [4.69, 9.17) is 39.0 Å². The summed E-state index contributed by atoms with van der Waals surface area (Å²) in [6.45, 7) is 42.0. The van der Waals surface area contributed by atoms with Crippen molar-refractivity contribution >= 4 is 68.0 Å². The summed E-state index contributed by atoms with van der Waals surface area (Å²) in [4.78, 5) is 18.3. The molecule has 17 heteroatoms. The Bertz CT molecular complexity index is 632. The van der Waals surface area contributed by atoms with Gasteiger partial charge in [-0.3, -0.25) is 0 Å².